The molecule has 0 saturated carbocycles. The first-order valence-electron chi connectivity index (χ1n) is 4.83. The normalized spacial score (nSPS) is 40.8. The van der Waals surface area contributed by atoms with Crippen LogP contribution in [-0.2, 0) is 30.7 Å². The maximum absolute atomic E-state index is 13.3. The van der Waals surface area contributed by atoms with Gasteiger partial charge in [-0.3, -0.25) is 0 Å². The van der Waals surface area contributed by atoms with E-state index in [1.54, 1.807) is 26.6 Å². The van der Waals surface area contributed by atoms with Crippen LogP contribution in [0.15, 0.2) is 11.3 Å². The van der Waals surface area contributed by atoms with E-state index in [9.17, 15) is 20.4 Å². The van der Waals surface area contributed by atoms with Gasteiger partial charge in [0.15, 0.2) is 0 Å². The van der Waals surface area contributed by atoms with Crippen molar-refractivity contribution in [2.24, 2.45) is 11.3 Å². The quantitative estimate of drug-likeness (QED) is 0.581. The Kier molecular flexibility index (Phi) is 3.96. The van der Waals surface area contributed by atoms with E-state index in [1.807, 2.05) is 0 Å². The van der Waals surface area contributed by atoms with E-state index in [2.05, 4.69) is 11.3 Å². The van der Waals surface area contributed by atoms with Gasteiger partial charge in [-0.25, -0.2) is 8.18 Å². The molecule has 108 valence electrons. The summed E-state index contributed by atoms with van der Waals surface area (Å²) in [4.78, 5) is 0. The molecule has 13 heteroatoms. The number of halogens is 2. The highest BCUT2D eigenvalue weighted by molar-refractivity contribution is 8.11. The van der Waals surface area contributed by atoms with Crippen molar-refractivity contribution in [3.8, 4) is 0 Å². The molecule has 0 spiro atoms. The molecule has 0 aromatic carbocycles. The molecule has 3 atom stereocenters. The molecule has 0 radical (unpaired) electrons. The van der Waals surface area contributed by atoms with Crippen LogP contribution in [0.2, 0.25) is 19.6 Å². The summed E-state index contributed by atoms with van der Waals surface area (Å²) in [6.45, 7) is 6.91. The monoisotopic (exact) mass is 340 g/mol. The van der Waals surface area contributed by atoms with E-state index >= 15 is 0 Å². The topological polar surface area (TPSA) is 91.5 Å². The van der Waals surface area contributed by atoms with E-state index in [4.69, 9.17) is 0 Å². The summed E-state index contributed by atoms with van der Waals surface area (Å²) in [5.41, 5.74) is 0. The van der Waals surface area contributed by atoms with Crippen LogP contribution >= 0.6 is 0 Å². The van der Waals surface area contributed by atoms with Crippen molar-refractivity contribution >= 4 is 38.9 Å². The van der Waals surface area contributed by atoms with Crippen molar-refractivity contribution in [1.29, 1.82) is 0 Å². The fraction of sp³-hybridized carbons (Fsp3) is 1.00. The summed E-state index contributed by atoms with van der Waals surface area (Å²) in [6, 6.07) is 0. The number of rotatable bonds is 3. The Morgan fingerprint density at radius 3 is 1.78 bits per heavy atom. The fourth-order valence-electron chi connectivity index (χ4n) is 1.47. The Labute approximate surface area is 108 Å². The van der Waals surface area contributed by atoms with Crippen LogP contribution in [0.1, 0.15) is 6.92 Å². The molecule has 0 fully saturated rings. The van der Waals surface area contributed by atoms with Crippen LogP contribution in [0.3, 0.4) is 0 Å². The highest BCUT2D eigenvalue weighted by Gasteiger charge is 2.37. The molecule has 0 amide bonds. The minimum Gasteiger partial charge on any atom is -0.221 e. The molecule has 18 heavy (non-hydrogen) atoms. The maximum atomic E-state index is 13.3. The lowest BCUT2D eigenvalue weighted by Crippen LogP contribution is -2.49. The van der Waals surface area contributed by atoms with Gasteiger partial charge in [0.1, 0.15) is 8.24 Å². The molecule has 0 aromatic rings. The lowest BCUT2D eigenvalue weighted by atomic mass is 10.8. The minimum atomic E-state index is -4.95. The molecular weight excluding hydrogens is 326 g/mol. The van der Waals surface area contributed by atoms with E-state index in [0.717, 1.165) is 3.97 Å². The van der Waals surface area contributed by atoms with Gasteiger partial charge < -0.3 is 0 Å². The van der Waals surface area contributed by atoms with E-state index in [1.165, 1.54) is 0 Å². The molecule has 1 aliphatic heterocycles. The molecule has 1 unspecified atom stereocenters. The van der Waals surface area contributed by atoms with Crippen molar-refractivity contribution in [2.45, 2.75) is 26.6 Å². The first-order chi connectivity index (χ1) is 7.81. The maximum Gasteiger partial charge on any atom is 0.338 e. The zero-order valence-electron chi connectivity index (χ0n) is 10.2. The van der Waals surface area contributed by atoms with Crippen molar-refractivity contribution in [1.82, 2.24) is 3.97 Å². The Bertz CT molecular complexity index is 690. The fourth-order valence-corrected chi connectivity index (χ4v) is 10.7. The first-order valence-corrected chi connectivity index (χ1v) is 12.5. The summed E-state index contributed by atoms with van der Waals surface area (Å²) in [5, 5.41) is 0. The van der Waals surface area contributed by atoms with Gasteiger partial charge in [-0.1, -0.05) is 37.9 Å². The third-order valence-corrected chi connectivity index (χ3v) is 11.4. The van der Waals surface area contributed by atoms with E-state index in [-0.39, 0.29) is 6.54 Å². The van der Waals surface area contributed by atoms with Gasteiger partial charge >= 0.3 is 20.6 Å². The second-order valence-corrected chi connectivity index (χ2v) is 14.5. The number of nitrogens with zero attached hydrogens (tertiary/aromatic N) is 4. The van der Waals surface area contributed by atoms with Crippen molar-refractivity contribution in [3.05, 3.63) is 0 Å². The third kappa shape index (κ3) is 3.46. The standard InChI is InChI=1S/C5H14F2N4O3S3Si/c1-5-11(18(2,3)4)17(14)9-15(6,12)8-16(7,13)10-17/h5H2,1-4H3/t15-,16+,17?. The minimum absolute atomic E-state index is 0.118. The molecule has 0 bridgehead atoms. The average Bonchev–Trinajstić information content (AvgIpc) is 1.91. The van der Waals surface area contributed by atoms with Gasteiger partial charge in [-0.15, -0.1) is 7.77 Å². The average molecular weight is 340 g/mol. The lowest BCUT2D eigenvalue weighted by molar-refractivity contribution is 0.602. The van der Waals surface area contributed by atoms with Gasteiger partial charge in [0.25, 0.3) is 0 Å². The van der Waals surface area contributed by atoms with Gasteiger partial charge in [0.2, 0.25) is 10.1 Å². The molecule has 1 rings (SSSR count). The molecule has 1 heterocycles. The lowest BCUT2D eigenvalue weighted by Gasteiger charge is -2.32. The Hall–Kier alpha value is -0.113. The zero-order valence-corrected chi connectivity index (χ0v) is 13.7. The van der Waals surface area contributed by atoms with Gasteiger partial charge in [0, 0.05) is 6.54 Å². The van der Waals surface area contributed by atoms with Crippen LogP contribution < -0.4 is 0 Å². The van der Waals surface area contributed by atoms with Crippen LogP contribution in [-0.4, -0.2) is 31.4 Å². The Morgan fingerprint density at radius 2 is 1.44 bits per heavy atom. The van der Waals surface area contributed by atoms with Crippen LogP contribution in [0.5, 0.6) is 0 Å². The summed E-state index contributed by atoms with van der Waals surface area (Å²) < 4.78 is 70.3. The van der Waals surface area contributed by atoms with E-state index < -0.39 is 38.9 Å². The van der Waals surface area contributed by atoms with E-state index in [0.29, 0.717) is 0 Å². The van der Waals surface area contributed by atoms with Crippen LogP contribution in [0, 0.1) is 0 Å². The van der Waals surface area contributed by atoms with Gasteiger partial charge in [0.05, 0.1) is 0 Å². The highest BCUT2D eigenvalue weighted by atomic mass is 32.3. The summed E-state index contributed by atoms with van der Waals surface area (Å²) in [6.07, 6.45) is 0. The second-order valence-electron chi connectivity index (χ2n) is 4.42. The molecule has 0 N–H and O–H groups in total. The predicted octanol–water partition coefficient (Wildman–Crippen LogP) is 1.99. The highest BCUT2D eigenvalue weighted by Crippen LogP contribution is 2.27. The van der Waals surface area contributed by atoms with Crippen molar-refractivity contribution in [3.63, 3.8) is 0 Å². The van der Waals surface area contributed by atoms with Gasteiger partial charge in [-0.05, 0) is 0 Å². The first kappa shape index (κ1) is 15.9. The number of hydrogen-bond donors (Lipinski definition) is 0. The summed E-state index contributed by atoms with van der Waals surface area (Å²) >= 11 is 0. The Balaban J connectivity index is 3.70. The van der Waals surface area contributed by atoms with Crippen LogP contribution in [0.25, 0.3) is 0 Å². The summed E-state index contributed by atoms with van der Waals surface area (Å²) in [5.74, 6) is 0. The molecule has 0 aromatic heterocycles. The third-order valence-electron chi connectivity index (χ3n) is 1.88. The molecule has 0 aliphatic carbocycles. The zero-order chi connectivity index (χ0) is 14.4. The predicted molar refractivity (Wildman–Crippen MR) is 69.7 cm³/mol. The molecule has 7 nitrogen and oxygen atoms in total. The SMILES string of the molecule is CCN([Si](C)(C)C)S1(=O)=N[S@@](=O)(F)=N[S@@](=O)(F)=N1. The number of hydrogen-bond acceptors (Lipinski definition) is 3. The van der Waals surface area contributed by atoms with Crippen molar-refractivity contribution in [2.75, 3.05) is 6.54 Å². The second kappa shape index (κ2) is 4.47. The molecule has 0 saturated heterocycles. The van der Waals surface area contributed by atoms with Gasteiger partial charge in [-0.2, -0.15) is 8.42 Å². The largest absolute Gasteiger partial charge is 0.338 e. The van der Waals surface area contributed by atoms with Crippen molar-refractivity contribution < 1.29 is 20.4 Å². The van der Waals surface area contributed by atoms with Crippen LogP contribution in [0.4, 0.5) is 7.77 Å². The summed E-state index contributed by atoms with van der Waals surface area (Å²) in [7, 11) is -16.2. The smallest absolute Gasteiger partial charge is 0.221 e. The molecular formula is C5H14F2N4O3S3Si. The molecule has 1 aliphatic rings. The Morgan fingerprint density at radius 1 is 1.00 bits per heavy atom.